The SMILES string of the molecule is CC1CCC(C(O)Cc2nc(C(C)(C)C)cs2)CC1. The summed E-state index contributed by atoms with van der Waals surface area (Å²) in [7, 11) is 0. The lowest BCUT2D eigenvalue weighted by Gasteiger charge is -2.29. The molecule has 0 saturated heterocycles. The van der Waals surface area contributed by atoms with Crippen molar-refractivity contribution >= 4 is 11.3 Å². The molecule has 1 N–H and O–H groups in total. The van der Waals surface area contributed by atoms with Crippen LogP contribution in [-0.4, -0.2) is 16.2 Å². The molecule has 1 fully saturated rings. The summed E-state index contributed by atoms with van der Waals surface area (Å²) >= 11 is 1.70. The van der Waals surface area contributed by atoms with Crippen molar-refractivity contribution in [1.82, 2.24) is 4.98 Å². The molecule has 0 radical (unpaired) electrons. The molecular formula is C16H27NOS. The highest BCUT2D eigenvalue weighted by Gasteiger charge is 2.26. The quantitative estimate of drug-likeness (QED) is 0.902. The summed E-state index contributed by atoms with van der Waals surface area (Å²) in [6.45, 7) is 8.87. The van der Waals surface area contributed by atoms with E-state index in [4.69, 9.17) is 0 Å². The van der Waals surface area contributed by atoms with Crippen LogP contribution >= 0.6 is 11.3 Å². The van der Waals surface area contributed by atoms with Crippen molar-refractivity contribution in [3.8, 4) is 0 Å². The van der Waals surface area contributed by atoms with Crippen LogP contribution in [0.15, 0.2) is 5.38 Å². The summed E-state index contributed by atoms with van der Waals surface area (Å²) in [5.74, 6) is 1.33. The molecule has 1 atom stereocenters. The lowest BCUT2D eigenvalue weighted by atomic mass is 9.79. The average molecular weight is 281 g/mol. The first-order valence-corrected chi connectivity index (χ1v) is 8.37. The lowest BCUT2D eigenvalue weighted by Crippen LogP contribution is -2.27. The van der Waals surface area contributed by atoms with Gasteiger partial charge in [-0.05, 0) is 24.7 Å². The van der Waals surface area contributed by atoms with Gasteiger partial charge >= 0.3 is 0 Å². The van der Waals surface area contributed by atoms with Crippen molar-refractivity contribution in [2.75, 3.05) is 0 Å². The van der Waals surface area contributed by atoms with Gasteiger partial charge in [0.05, 0.1) is 16.8 Å². The van der Waals surface area contributed by atoms with Crippen LogP contribution in [0.5, 0.6) is 0 Å². The Balaban J connectivity index is 1.92. The molecule has 0 aromatic carbocycles. The number of hydrogen-bond acceptors (Lipinski definition) is 3. The second kappa shape index (κ2) is 5.92. The zero-order chi connectivity index (χ0) is 14.0. The molecule has 2 rings (SSSR count). The molecule has 0 spiro atoms. The van der Waals surface area contributed by atoms with E-state index < -0.39 is 0 Å². The third-order valence-electron chi connectivity index (χ3n) is 4.31. The van der Waals surface area contributed by atoms with E-state index in [0.717, 1.165) is 23.0 Å². The molecule has 1 unspecified atom stereocenters. The standard InChI is InChI=1S/C16H27NOS/c1-11-5-7-12(8-6-11)13(18)9-15-17-14(10-19-15)16(2,3)4/h10-13,18H,5-9H2,1-4H3. The van der Waals surface area contributed by atoms with E-state index >= 15 is 0 Å². The van der Waals surface area contributed by atoms with Gasteiger partial charge in [0.25, 0.3) is 0 Å². The highest BCUT2D eigenvalue weighted by Crippen LogP contribution is 2.32. The maximum absolute atomic E-state index is 10.4. The molecule has 2 nitrogen and oxygen atoms in total. The van der Waals surface area contributed by atoms with E-state index in [-0.39, 0.29) is 11.5 Å². The number of aliphatic hydroxyl groups is 1. The topological polar surface area (TPSA) is 33.1 Å². The zero-order valence-corrected chi connectivity index (χ0v) is 13.5. The summed E-state index contributed by atoms with van der Waals surface area (Å²) in [6.07, 6.45) is 5.44. The largest absolute Gasteiger partial charge is 0.392 e. The molecule has 1 aromatic heterocycles. The van der Waals surface area contributed by atoms with Crippen LogP contribution in [0, 0.1) is 11.8 Å². The van der Waals surface area contributed by atoms with Crippen LogP contribution in [0.2, 0.25) is 0 Å². The van der Waals surface area contributed by atoms with E-state index in [1.165, 1.54) is 25.7 Å². The molecule has 108 valence electrons. The van der Waals surface area contributed by atoms with Gasteiger partial charge < -0.3 is 5.11 Å². The van der Waals surface area contributed by atoms with Crippen molar-refractivity contribution in [3.05, 3.63) is 16.1 Å². The monoisotopic (exact) mass is 281 g/mol. The number of aliphatic hydroxyl groups excluding tert-OH is 1. The van der Waals surface area contributed by atoms with Crippen LogP contribution in [0.1, 0.15) is 64.1 Å². The molecular weight excluding hydrogens is 254 g/mol. The minimum atomic E-state index is -0.202. The average Bonchev–Trinajstić information content (AvgIpc) is 2.78. The predicted molar refractivity (Wildman–Crippen MR) is 81.6 cm³/mol. The van der Waals surface area contributed by atoms with Gasteiger partial charge in [-0.3, -0.25) is 0 Å². The highest BCUT2D eigenvalue weighted by atomic mass is 32.1. The van der Waals surface area contributed by atoms with Crippen LogP contribution in [0.25, 0.3) is 0 Å². The summed E-state index contributed by atoms with van der Waals surface area (Å²) in [4.78, 5) is 4.69. The Bertz CT molecular complexity index is 399. The first-order valence-electron chi connectivity index (χ1n) is 7.49. The zero-order valence-electron chi connectivity index (χ0n) is 12.6. The first kappa shape index (κ1) is 15.0. The van der Waals surface area contributed by atoms with E-state index in [1.807, 2.05) is 0 Å². The normalized spacial score (nSPS) is 26.4. The third-order valence-corrected chi connectivity index (χ3v) is 5.18. The minimum absolute atomic E-state index is 0.111. The lowest BCUT2D eigenvalue weighted by molar-refractivity contribution is 0.0760. The summed E-state index contributed by atoms with van der Waals surface area (Å²) in [6, 6.07) is 0. The minimum Gasteiger partial charge on any atom is -0.392 e. The van der Waals surface area contributed by atoms with Gasteiger partial charge in [0, 0.05) is 17.2 Å². The molecule has 1 aliphatic carbocycles. The predicted octanol–water partition coefficient (Wildman–Crippen LogP) is 4.17. The highest BCUT2D eigenvalue weighted by molar-refractivity contribution is 7.09. The second-order valence-electron chi connectivity index (χ2n) is 7.17. The van der Waals surface area contributed by atoms with E-state index in [9.17, 15) is 5.11 Å². The maximum atomic E-state index is 10.4. The Kier molecular flexibility index (Phi) is 4.67. The molecule has 3 heteroatoms. The van der Waals surface area contributed by atoms with Gasteiger partial charge in [-0.1, -0.05) is 40.5 Å². The molecule has 1 aromatic rings. The fourth-order valence-electron chi connectivity index (χ4n) is 2.77. The Morgan fingerprint density at radius 2 is 1.95 bits per heavy atom. The Hall–Kier alpha value is -0.410. The molecule has 1 heterocycles. The van der Waals surface area contributed by atoms with Crippen LogP contribution < -0.4 is 0 Å². The molecule has 1 saturated carbocycles. The van der Waals surface area contributed by atoms with Gasteiger partial charge in [-0.2, -0.15) is 0 Å². The molecule has 0 amide bonds. The van der Waals surface area contributed by atoms with Gasteiger partial charge in [0.15, 0.2) is 0 Å². The second-order valence-corrected chi connectivity index (χ2v) is 8.11. The van der Waals surface area contributed by atoms with Crippen molar-refractivity contribution in [2.24, 2.45) is 11.8 Å². The van der Waals surface area contributed by atoms with Crippen LogP contribution in [0.4, 0.5) is 0 Å². The number of nitrogens with zero attached hydrogens (tertiary/aromatic N) is 1. The maximum Gasteiger partial charge on any atom is 0.0954 e. The third kappa shape index (κ3) is 4.03. The van der Waals surface area contributed by atoms with Crippen molar-refractivity contribution in [1.29, 1.82) is 0 Å². The summed E-state index contributed by atoms with van der Waals surface area (Å²) in [5.41, 5.74) is 1.26. The first-order chi connectivity index (χ1) is 8.86. The Morgan fingerprint density at radius 3 is 2.47 bits per heavy atom. The number of aromatic nitrogens is 1. The molecule has 19 heavy (non-hydrogen) atoms. The number of thiazole rings is 1. The smallest absolute Gasteiger partial charge is 0.0954 e. The Labute approximate surface area is 121 Å². The van der Waals surface area contributed by atoms with Gasteiger partial charge in [0.1, 0.15) is 0 Å². The van der Waals surface area contributed by atoms with Crippen molar-refractivity contribution in [2.45, 2.75) is 71.3 Å². The van der Waals surface area contributed by atoms with Crippen molar-refractivity contribution in [3.63, 3.8) is 0 Å². The van der Waals surface area contributed by atoms with Crippen LogP contribution in [0.3, 0.4) is 0 Å². The number of rotatable bonds is 3. The van der Waals surface area contributed by atoms with Gasteiger partial charge in [-0.25, -0.2) is 4.98 Å². The fourth-order valence-corrected chi connectivity index (χ4v) is 3.84. The van der Waals surface area contributed by atoms with E-state index in [0.29, 0.717) is 5.92 Å². The van der Waals surface area contributed by atoms with Crippen molar-refractivity contribution < 1.29 is 5.11 Å². The Morgan fingerprint density at radius 1 is 1.32 bits per heavy atom. The van der Waals surface area contributed by atoms with Gasteiger partial charge in [0.2, 0.25) is 0 Å². The van der Waals surface area contributed by atoms with E-state index in [2.05, 4.69) is 38.1 Å². The molecule has 0 aliphatic heterocycles. The molecule has 0 bridgehead atoms. The van der Waals surface area contributed by atoms with E-state index in [1.54, 1.807) is 11.3 Å². The molecule has 1 aliphatic rings. The number of hydrogen-bond donors (Lipinski definition) is 1. The fraction of sp³-hybridized carbons (Fsp3) is 0.812. The summed E-state index contributed by atoms with van der Waals surface area (Å²) < 4.78 is 0. The van der Waals surface area contributed by atoms with Crippen LogP contribution in [-0.2, 0) is 11.8 Å². The van der Waals surface area contributed by atoms with Gasteiger partial charge in [-0.15, -0.1) is 11.3 Å². The summed E-state index contributed by atoms with van der Waals surface area (Å²) in [5, 5.41) is 13.6.